The third-order valence-corrected chi connectivity index (χ3v) is 0.875. The Labute approximate surface area is 65.7 Å². The number of hydrogen-bond donors (Lipinski definition) is 1. The summed E-state index contributed by atoms with van der Waals surface area (Å²) in [5.41, 5.74) is 0. The summed E-state index contributed by atoms with van der Waals surface area (Å²) in [7, 11) is 0. The third-order valence-electron chi connectivity index (χ3n) is 0.875. The molecule has 0 radical (unpaired) electrons. The molecule has 0 heterocycles. The highest BCUT2D eigenvalue weighted by atomic mass is 16.5. The Hall–Kier alpha value is -1.27. The van der Waals surface area contributed by atoms with Crippen LogP contribution in [0.25, 0.3) is 0 Å². The second-order valence-electron chi connectivity index (χ2n) is 1.79. The van der Waals surface area contributed by atoms with E-state index < -0.39 is 5.97 Å². The van der Waals surface area contributed by atoms with Gasteiger partial charge in [-0.2, -0.15) is 0 Å². The Balaban J connectivity index is 3.15. The fourth-order valence-corrected chi connectivity index (χ4v) is 0.467. The Bertz CT molecular complexity index is 176. The van der Waals surface area contributed by atoms with Crippen LogP contribution in [0.2, 0.25) is 0 Å². The SMILES string of the molecule is C#CCOCCC=CC(=O)O. The minimum Gasteiger partial charge on any atom is -0.478 e. The molecule has 0 aliphatic rings. The van der Waals surface area contributed by atoms with Crippen LogP contribution in [-0.4, -0.2) is 24.3 Å². The number of carboxylic acid groups (broad SMARTS) is 1. The molecule has 0 aliphatic heterocycles. The maximum absolute atomic E-state index is 9.93. The molecule has 0 amide bonds. The maximum Gasteiger partial charge on any atom is 0.327 e. The molecule has 60 valence electrons. The van der Waals surface area contributed by atoms with Crippen LogP contribution in [0.5, 0.6) is 0 Å². The summed E-state index contributed by atoms with van der Waals surface area (Å²) in [6, 6.07) is 0. The van der Waals surface area contributed by atoms with Crippen molar-refractivity contribution in [3.8, 4) is 12.3 Å². The van der Waals surface area contributed by atoms with E-state index in [1.54, 1.807) is 0 Å². The average Bonchev–Trinajstić information content (AvgIpc) is 1.96. The van der Waals surface area contributed by atoms with E-state index in [0.717, 1.165) is 6.08 Å². The van der Waals surface area contributed by atoms with Crippen molar-refractivity contribution in [2.45, 2.75) is 6.42 Å². The smallest absolute Gasteiger partial charge is 0.327 e. The highest BCUT2D eigenvalue weighted by molar-refractivity contribution is 5.79. The molecule has 0 atom stereocenters. The average molecular weight is 154 g/mol. The molecular formula is C8H10O3. The standard InChI is InChI=1S/C8H10O3/c1-2-6-11-7-4-3-5-8(9)10/h1,3,5H,4,6-7H2,(H,9,10). The van der Waals surface area contributed by atoms with Crippen LogP contribution in [0.3, 0.4) is 0 Å². The fraction of sp³-hybridized carbons (Fsp3) is 0.375. The maximum atomic E-state index is 9.93. The van der Waals surface area contributed by atoms with Crippen LogP contribution < -0.4 is 0 Å². The largest absolute Gasteiger partial charge is 0.478 e. The van der Waals surface area contributed by atoms with Crippen molar-refractivity contribution in [3.05, 3.63) is 12.2 Å². The van der Waals surface area contributed by atoms with Gasteiger partial charge in [-0.05, 0) is 6.42 Å². The zero-order valence-electron chi connectivity index (χ0n) is 6.12. The van der Waals surface area contributed by atoms with E-state index in [-0.39, 0.29) is 6.61 Å². The normalized spacial score (nSPS) is 9.73. The van der Waals surface area contributed by atoms with Gasteiger partial charge in [-0.15, -0.1) is 6.42 Å². The van der Waals surface area contributed by atoms with Crippen LogP contribution in [0.4, 0.5) is 0 Å². The van der Waals surface area contributed by atoms with Crippen molar-refractivity contribution in [3.63, 3.8) is 0 Å². The number of terminal acetylenes is 1. The molecule has 0 bridgehead atoms. The lowest BCUT2D eigenvalue weighted by Gasteiger charge is -1.93. The number of hydrogen-bond acceptors (Lipinski definition) is 2. The Morgan fingerprint density at radius 2 is 2.45 bits per heavy atom. The minimum absolute atomic E-state index is 0.279. The molecule has 0 fully saturated rings. The van der Waals surface area contributed by atoms with Crippen molar-refractivity contribution in [2.75, 3.05) is 13.2 Å². The first kappa shape index (κ1) is 9.73. The topological polar surface area (TPSA) is 46.5 Å². The van der Waals surface area contributed by atoms with E-state index in [4.69, 9.17) is 16.3 Å². The first-order chi connectivity index (χ1) is 5.27. The lowest BCUT2D eigenvalue weighted by Crippen LogP contribution is -1.93. The van der Waals surface area contributed by atoms with Gasteiger partial charge in [0.2, 0.25) is 0 Å². The second-order valence-corrected chi connectivity index (χ2v) is 1.79. The Morgan fingerprint density at radius 1 is 1.73 bits per heavy atom. The van der Waals surface area contributed by atoms with Crippen LogP contribution in [-0.2, 0) is 9.53 Å². The Kier molecular flexibility index (Phi) is 6.05. The van der Waals surface area contributed by atoms with Crippen LogP contribution >= 0.6 is 0 Å². The first-order valence-electron chi connectivity index (χ1n) is 3.18. The zero-order valence-corrected chi connectivity index (χ0v) is 6.12. The molecule has 0 saturated carbocycles. The van der Waals surface area contributed by atoms with Gasteiger partial charge in [0.05, 0.1) is 6.61 Å². The van der Waals surface area contributed by atoms with Gasteiger partial charge in [0.1, 0.15) is 6.61 Å². The number of carboxylic acids is 1. The molecule has 0 spiro atoms. The number of ether oxygens (including phenoxy) is 1. The van der Waals surface area contributed by atoms with Crippen LogP contribution in [0.1, 0.15) is 6.42 Å². The molecule has 0 aromatic rings. The number of carbonyl (C=O) groups is 1. The number of rotatable bonds is 5. The lowest BCUT2D eigenvalue weighted by atomic mass is 10.4. The highest BCUT2D eigenvalue weighted by Gasteiger charge is 1.85. The summed E-state index contributed by atoms with van der Waals surface area (Å²) >= 11 is 0. The molecule has 0 saturated heterocycles. The van der Waals surface area contributed by atoms with E-state index in [1.165, 1.54) is 6.08 Å². The van der Waals surface area contributed by atoms with Gasteiger partial charge in [0, 0.05) is 6.08 Å². The summed E-state index contributed by atoms with van der Waals surface area (Å²) < 4.78 is 4.88. The van der Waals surface area contributed by atoms with Gasteiger partial charge >= 0.3 is 5.97 Å². The fourth-order valence-electron chi connectivity index (χ4n) is 0.467. The second kappa shape index (κ2) is 6.84. The van der Waals surface area contributed by atoms with Crippen molar-refractivity contribution in [1.82, 2.24) is 0 Å². The molecule has 0 unspecified atom stereocenters. The van der Waals surface area contributed by atoms with Crippen molar-refractivity contribution in [2.24, 2.45) is 0 Å². The summed E-state index contributed by atoms with van der Waals surface area (Å²) in [5.74, 6) is 1.36. The minimum atomic E-state index is -0.943. The summed E-state index contributed by atoms with van der Waals surface area (Å²) in [5, 5.41) is 8.16. The van der Waals surface area contributed by atoms with Gasteiger partial charge < -0.3 is 9.84 Å². The van der Waals surface area contributed by atoms with E-state index in [0.29, 0.717) is 13.0 Å². The van der Waals surface area contributed by atoms with Crippen molar-refractivity contribution < 1.29 is 14.6 Å². The molecule has 3 heteroatoms. The van der Waals surface area contributed by atoms with E-state index in [1.807, 2.05) is 0 Å². The molecule has 11 heavy (non-hydrogen) atoms. The lowest BCUT2D eigenvalue weighted by molar-refractivity contribution is -0.131. The van der Waals surface area contributed by atoms with Gasteiger partial charge in [-0.1, -0.05) is 12.0 Å². The van der Waals surface area contributed by atoms with Gasteiger partial charge in [-0.3, -0.25) is 0 Å². The molecule has 0 aliphatic carbocycles. The molecule has 0 rings (SSSR count). The monoisotopic (exact) mass is 154 g/mol. The van der Waals surface area contributed by atoms with Gasteiger partial charge in [0.15, 0.2) is 0 Å². The van der Waals surface area contributed by atoms with Crippen LogP contribution in [0, 0.1) is 12.3 Å². The first-order valence-corrected chi connectivity index (χ1v) is 3.18. The van der Waals surface area contributed by atoms with Crippen molar-refractivity contribution in [1.29, 1.82) is 0 Å². The zero-order chi connectivity index (χ0) is 8.53. The van der Waals surface area contributed by atoms with E-state index in [2.05, 4.69) is 5.92 Å². The molecule has 0 aromatic heterocycles. The van der Waals surface area contributed by atoms with Crippen molar-refractivity contribution >= 4 is 5.97 Å². The summed E-state index contributed by atoms with van der Waals surface area (Å²) in [6.45, 7) is 0.745. The van der Waals surface area contributed by atoms with E-state index >= 15 is 0 Å². The summed E-state index contributed by atoms with van der Waals surface area (Å²) in [6.07, 6.45) is 8.09. The molecule has 3 nitrogen and oxygen atoms in total. The predicted octanol–water partition coefficient (Wildman–Crippen LogP) is 0.667. The predicted molar refractivity (Wildman–Crippen MR) is 41.0 cm³/mol. The third kappa shape index (κ3) is 8.73. The highest BCUT2D eigenvalue weighted by Crippen LogP contribution is 1.84. The molecule has 1 N–H and O–H groups in total. The van der Waals surface area contributed by atoms with E-state index in [9.17, 15) is 4.79 Å². The Morgan fingerprint density at radius 3 is 3.00 bits per heavy atom. The molecular weight excluding hydrogens is 144 g/mol. The molecule has 0 aromatic carbocycles. The number of aliphatic carboxylic acids is 1. The quantitative estimate of drug-likeness (QED) is 0.359. The summed E-state index contributed by atoms with van der Waals surface area (Å²) in [4.78, 5) is 9.93. The van der Waals surface area contributed by atoms with Gasteiger partial charge in [0.25, 0.3) is 0 Å². The van der Waals surface area contributed by atoms with Gasteiger partial charge in [-0.25, -0.2) is 4.79 Å². The van der Waals surface area contributed by atoms with Crippen LogP contribution in [0.15, 0.2) is 12.2 Å².